The van der Waals surface area contributed by atoms with Gasteiger partial charge < -0.3 is 0 Å². The first kappa shape index (κ1) is 11.3. The molecule has 84 valence electrons. The summed E-state index contributed by atoms with van der Waals surface area (Å²) in [7, 11) is 0. The Balaban J connectivity index is 2.48. The van der Waals surface area contributed by atoms with Gasteiger partial charge in [0, 0.05) is 0 Å². The van der Waals surface area contributed by atoms with Gasteiger partial charge in [0.1, 0.15) is 0 Å². The molecular formula is C11H8F3NS. The van der Waals surface area contributed by atoms with Crippen molar-refractivity contribution in [2.75, 3.05) is 0 Å². The van der Waals surface area contributed by atoms with Crippen molar-refractivity contribution in [1.29, 1.82) is 0 Å². The van der Waals surface area contributed by atoms with Crippen LogP contribution in [0.25, 0.3) is 0 Å². The molecule has 1 saturated carbocycles. The zero-order valence-electron chi connectivity index (χ0n) is 8.21. The molecule has 1 fully saturated rings. The molecule has 1 aromatic carbocycles. The monoisotopic (exact) mass is 243 g/mol. The fourth-order valence-electron chi connectivity index (χ4n) is 1.57. The van der Waals surface area contributed by atoms with Gasteiger partial charge in [-0.1, -0.05) is 0 Å². The van der Waals surface area contributed by atoms with Crippen molar-refractivity contribution >= 4 is 23.1 Å². The van der Waals surface area contributed by atoms with Gasteiger partial charge >= 0.3 is 6.18 Å². The molecule has 2 rings (SSSR count). The molecule has 0 atom stereocenters. The molecule has 1 aliphatic carbocycles. The van der Waals surface area contributed by atoms with Gasteiger partial charge in [-0.25, -0.2) is 0 Å². The largest absolute Gasteiger partial charge is 0.416 e. The second-order valence-corrected chi connectivity index (χ2v) is 3.97. The number of thiocarbonyl (C=S) groups is 1. The van der Waals surface area contributed by atoms with Crippen LogP contribution in [0, 0.1) is 0 Å². The first-order valence-electron chi connectivity index (χ1n) is 4.81. The van der Waals surface area contributed by atoms with E-state index in [4.69, 9.17) is 0 Å². The number of benzene rings is 1. The van der Waals surface area contributed by atoms with E-state index in [9.17, 15) is 13.2 Å². The van der Waals surface area contributed by atoms with Crippen LogP contribution in [0.2, 0.25) is 0 Å². The first-order chi connectivity index (χ1) is 7.50. The summed E-state index contributed by atoms with van der Waals surface area (Å²) in [6.45, 7) is 0. The van der Waals surface area contributed by atoms with E-state index in [-0.39, 0.29) is 11.6 Å². The van der Waals surface area contributed by atoms with Gasteiger partial charge in [0.2, 0.25) is 0 Å². The zero-order chi connectivity index (χ0) is 11.8. The Morgan fingerprint density at radius 1 is 1.25 bits per heavy atom. The summed E-state index contributed by atoms with van der Waals surface area (Å²) in [5.41, 5.74) is 0.256. The fourth-order valence-corrected chi connectivity index (χ4v) is 1.67. The molecule has 0 heterocycles. The highest BCUT2D eigenvalue weighted by atomic mass is 32.1. The molecule has 0 saturated heterocycles. The van der Waals surface area contributed by atoms with Gasteiger partial charge in [0.25, 0.3) is 0 Å². The Morgan fingerprint density at radius 3 is 2.44 bits per heavy atom. The number of hydrogen-bond acceptors (Lipinski definition) is 2. The molecular weight excluding hydrogens is 235 g/mol. The van der Waals surface area contributed by atoms with Crippen LogP contribution in [0.5, 0.6) is 0 Å². The maximum atomic E-state index is 12.6. The van der Waals surface area contributed by atoms with E-state index in [0.717, 1.165) is 18.9 Å². The number of rotatable bonds is 2. The number of hydrogen-bond donors (Lipinski definition) is 0. The van der Waals surface area contributed by atoms with Crippen LogP contribution < -0.4 is 0 Å². The normalized spacial score (nSPS) is 15.7. The third kappa shape index (κ3) is 2.49. The van der Waals surface area contributed by atoms with Crippen molar-refractivity contribution in [2.45, 2.75) is 24.9 Å². The van der Waals surface area contributed by atoms with E-state index >= 15 is 0 Å². The van der Waals surface area contributed by atoms with Crippen molar-refractivity contribution in [1.82, 2.24) is 0 Å². The van der Waals surface area contributed by atoms with Gasteiger partial charge in [-0.05, 0) is 54.7 Å². The predicted octanol–water partition coefficient (Wildman–Crippen LogP) is 4.32. The van der Waals surface area contributed by atoms with Crippen LogP contribution in [-0.4, -0.2) is 5.16 Å². The van der Waals surface area contributed by atoms with Gasteiger partial charge in [-0.2, -0.15) is 18.2 Å². The molecule has 0 aromatic heterocycles. The predicted molar refractivity (Wildman–Crippen MR) is 58.1 cm³/mol. The first-order valence-corrected chi connectivity index (χ1v) is 5.21. The Hall–Kier alpha value is -1.19. The average Bonchev–Trinajstić information content (AvgIpc) is 2.99. The number of halogens is 3. The summed E-state index contributed by atoms with van der Waals surface area (Å²) in [4.78, 5) is 3.62. The maximum absolute atomic E-state index is 12.6. The molecule has 0 spiro atoms. The van der Waals surface area contributed by atoms with E-state index in [1.54, 1.807) is 6.07 Å². The van der Waals surface area contributed by atoms with Crippen LogP contribution in [0.15, 0.2) is 23.2 Å². The Labute approximate surface area is 96.0 Å². The van der Waals surface area contributed by atoms with Crippen LogP contribution in [-0.2, 0) is 6.18 Å². The summed E-state index contributed by atoms with van der Waals surface area (Å²) in [6.07, 6.45) is -2.44. The lowest BCUT2D eigenvalue weighted by molar-refractivity contribution is -0.137. The lowest BCUT2D eigenvalue weighted by Gasteiger charge is -2.09. The van der Waals surface area contributed by atoms with E-state index < -0.39 is 11.7 Å². The smallest absolute Gasteiger partial charge is 0.195 e. The molecule has 0 unspecified atom stereocenters. The van der Waals surface area contributed by atoms with Crippen LogP contribution in [0.1, 0.15) is 29.9 Å². The van der Waals surface area contributed by atoms with Gasteiger partial charge in [-0.3, -0.25) is 0 Å². The van der Waals surface area contributed by atoms with E-state index in [2.05, 4.69) is 22.4 Å². The average molecular weight is 243 g/mol. The Morgan fingerprint density at radius 2 is 1.94 bits per heavy atom. The molecule has 0 bridgehead atoms. The quantitative estimate of drug-likeness (QED) is 0.556. The molecule has 0 aliphatic heterocycles. The number of nitrogens with zero attached hydrogens (tertiary/aromatic N) is 1. The molecule has 0 N–H and O–H groups in total. The van der Waals surface area contributed by atoms with E-state index in [1.165, 1.54) is 6.07 Å². The molecule has 1 nitrogen and oxygen atoms in total. The Bertz CT molecular complexity index is 457. The van der Waals surface area contributed by atoms with Crippen LogP contribution >= 0.6 is 12.2 Å². The highest BCUT2D eigenvalue weighted by molar-refractivity contribution is 7.78. The molecule has 1 aromatic rings. The third-order valence-corrected chi connectivity index (χ3v) is 2.58. The molecule has 0 radical (unpaired) electrons. The van der Waals surface area contributed by atoms with Crippen molar-refractivity contribution < 1.29 is 13.2 Å². The Kier molecular flexibility index (Phi) is 2.82. The van der Waals surface area contributed by atoms with Crippen LogP contribution in [0.3, 0.4) is 0 Å². The summed E-state index contributed by atoms with van der Waals surface area (Å²) in [5, 5.41) is 2.09. The van der Waals surface area contributed by atoms with Crippen molar-refractivity contribution in [2.24, 2.45) is 4.99 Å². The zero-order valence-corrected chi connectivity index (χ0v) is 9.03. The van der Waals surface area contributed by atoms with Gasteiger partial charge in [-0.15, -0.1) is 0 Å². The number of alkyl halides is 3. The SMILES string of the molecule is FC(F)(F)c1cc(N=C=S)cc(C2CC2)c1. The second-order valence-electron chi connectivity index (χ2n) is 3.79. The fraction of sp³-hybridized carbons (Fsp3) is 0.364. The van der Waals surface area contributed by atoms with Crippen molar-refractivity contribution in [3.8, 4) is 0 Å². The lowest BCUT2D eigenvalue weighted by Crippen LogP contribution is -2.05. The van der Waals surface area contributed by atoms with Crippen LogP contribution in [0.4, 0.5) is 18.9 Å². The highest BCUT2D eigenvalue weighted by Gasteiger charge is 2.33. The van der Waals surface area contributed by atoms with Crippen molar-refractivity contribution in [3.05, 3.63) is 29.3 Å². The highest BCUT2D eigenvalue weighted by Crippen LogP contribution is 2.43. The van der Waals surface area contributed by atoms with Crippen molar-refractivity contribution in [3.63, 3.8) is 0 Å². The molecule has 0 amide bonds. The topological polar surface area (TPSA) is 12.4 Å². The second kappa shape index (κ2) is 4.00. The number of aliphatic imine (C=N–C) groups is 1. The lowest BCUT2D eigenvalue weighted by atomic mass is 10.1. The minimum Gasteiger partial charge on any atom is -0.195 e. The summed E-state index contributed by atoms with van der Waals surface area (Å²) < 4.78 is 37.8. The molecule has 5 heteroatoms. The standard InChI is InChI=1S/C11H8F3NS/c12-11(13,14)9-3-8(7-1-2-7)4-10(5-9)15-6-16/h3-5,7H,1-2H2. The molecule has 16 heavy (non-hydrogen) atoms. The number of isothiocyanates is 1. The molecule has 1 aliphatic rings. The minimum absolute atomic E-state index is 0.228. The van der Waals surface area contributed by atoms with E-state index in [0.29, 0.717) is 5.56 Å². The minimum atomic E-state index is -4.34. The summed E-state index contributed by atoms with van der Waals surface area (Å²) in [6, 6.07) is 3.83. The summed E-state index contributed by atoms with van der Waals surface area (Å²) in [5.74, 6) is 0.251. The third-order valence-electron chi connectivity index (χ3n) is 2.49. The maximum Gasteiger partial charge on any atom is 0.416 e. The summed E-state index contributed by atoms with van der Waals surface area (Å²) >= 11 is 4.40. The van der Waals surface area contributed by atoms with Gasteiger partial charge in [0.05, 0.1) is 16.4 Å². The van der Waals surface area contributed by atoms with E-state index in [1.807, 2.05) is 0 Å². The van der Waals surface area contributed by atoms with Gasteiger partial charge in [0.15, 0.2) is 0 Å².